The second-order valence-corrected chi connectivity index (χ2v) is 7.28. The van der Waals surface area contributed by atoms with E-state index in [1.54, 1.807) is 11.3 Å². The number of anilines is 1. The van der Waals surface area contributed by atoms with E-state index in [0.29, 0.717) is 12.0 Å². The number of nitrogens with zero attached hydrogens (tertiary/aromatic N) is 3. The molecule has 134 valence electrons. The molecule has 0 saturated carbocycles. The van der Waals surface area contributed by atoms with Gasteiger partial charge in [0.2, 0.25) is 0 Å². The normalized spacial score (nSPS) is 17.4. The second kappa shape index (κ2) is 8.85. The molecule has 0 spiro atoms. The van der Waals surface area contributed by atoms with Crippen molar-refractivity contribution in [3.05, 3.63) is 46.8 Å². The molecule has 3 heterocycles. The van der Waals surface area contributed by atoms with Crippen molar-refractivity contribution in [3.63, 3.8) is 0 Å². The zero-order valence-electron chi connectivity index (χ0n) is 15.0. The fraction of sp³-hybridized carbons (Fsp3) is 0.474. The Morgan fingerprint density at radius 3 is 2.84 bits per heavy atom. The molecule has 1 fully saturated rings. The summed E-state index contributed by atoms with van der Waals surface area (Å²) < 4.78 is 0. The molecule has 1 saturated heterocycles. The quantitative estimate of drug-likeness (QED) is 0.638. The van der Waals surface area contributed by atoms with Crippen LogP contribution in [-0.4, -0.2) is 43.7 Å². The minimum atomic E-state index is 0.461. The van der Waals surface area contributed by atoms with Crippen molar-refractivity contribution < 1.29 is 0 Å². The number of aromatic nitrogens is 1. The van der Waals surface area contributed by atoms with Gasteiger partial charge in [-0.25, -0.2) is 4.98 Å². The molecule has 0 aliphatic carbocycles. The van der Waals surface area contributed by atoms with Crippen molar-refractivity contribution in [1.29, 1.82) is 0 Å². The number of aliphatic imine (C=N–C) groups is 1. The van der Waals surface area contributed by atoms with Crippen molar-refractivity contribution in [2.45, 2.75) is 31.7 Å². The van der Waals surface area contributed by atoms with E-state index in [1.807, 2.05) is 25.4 Å². The largest absolute Gasteiger partial charge is 0.356 e. The molecule has 0 radical (unpaired) electrons. The molecule has 1 aliphatic heterocycles. The van der Waals surface area contributed by atoms with Crippen molar-refractivity contribution in [1.82, 2.24) is 15.6 Å². The van der Waals surface area contributed by atoms with Gasteiger partial charge < -0.3 is 15.5 Å². The molecule has 5 nitrogen and oxygen atoms in total. The van der Waals surface area contributed by atoms with Crippen LogP contribution in [0.3, 0.4) is 0 Å². The van der Waals surface area contributed by atoms with Gasteiger partial charge in [0.15, 0.2) is 5.96 Å². The van der Waals surface area contributed by atoms with Crippen molar-refractivity contribution >= 4 is 23.1 Å². The van der Waals surface area contributed by atoms with Crippen molar-refractivity contribution in [2.24, 2.45) is 4.99 Å². The van der Waals surface area contributed by atoms with Crippen LogP contribution in [0.5, 0.6) is 0 Å². The second-order valence-electron chi connectivity index (χ2n) is 6.50. The third-order valence-corrected chi connectivity index (χ3v) is 5.42. The van der Waals surface area contributed by atoms with Gasteiger partial charge in [-0.15, -0.1) is 0 Å². The fourth-order valence-electron chi connectivity index (χ4n) is 3.10. The SMILES string of the molecule is CN=C(NCC(C)c1ccsc1)NC1CCN(c2ccccn2)CC1. The highest BCUT2D eigenvalue weighted by Gasteiger charge is 2.20. The highest BCUT2D eigenvalue weighted by atomic mass is 32.1. The number of guanidine groups is 1. The lowest BCUT2D eigenvalue weighted by Crippen LogP contribution is -2.49. The lowest BCUT2D eigenvalue weighted by atomic mass is 10.0. The summed E-state index contributed by atoms with van der Waals surface area (Å²) in [5.74, 6) is 2.46. The number of hydrogen-bond donors (Lipinski definition) is 2. The Labute approximate surface area is 154 Å². The zero-order chi connectivity index (χ0) is 17.5. The maximum atomic E-state index is 4.45. The maximum absolute atomic E-state index is 4.45. The van der Waals surface area contributed by atoms with Gasteiger partial charge >= 0.3 is 0 Å². The van der Waals surface area contributed by atoms with Crippen LogP contribution in [0.2, 0.25) is 0 Å². The summed E-state index contributed by atoms with van der Waals surface area (Å²) in [5, 5.41) is 11.4. The molecular weight excluding hydrogens is 330 g/mol. The summed E-state index contributed by atoms with van der Waals surface area (Å²) >= 11 is 1.75. The number of pyridine rings is 1. The van der Waals surface area contributed by atoms with E-state index >= 15 is 0 Å². The molecule has 6 heteroatoms. The summed E-state index contributed by atoms with van der Waals surface area (Å²) in [6.45, 7) is 5.19. The van der Waals surface area contributed by atoms with Gasteiger partial charge in [0.05, 0.1) is 0 Å². The first-order valence-electron chi connectivity index (χ1n) is 8.91. The number of piperidine rings is 1. The average Bonchev–Trinajstić information content (AvgIpc) is 3.21. The third kappa shape index (κ3) is 4.95. The molecule has 3 rings (SSSR count). The van der Waals surface area contributed by atoms with Gasteiger partial charge in [-0.1, -0.05) is 13.0 Å². The van der Waals surface area contributed by atoms with Crippen LogP contribution in [0, 0.1) is 0 Å². The minimum absolute atomic E-state index is 0.461. The van der Waals surface area contributed by atoms with E-state index < -0.39 is 0 Å². The van der Waals surface area contributed by atoms with Crippen LogP contribution >= 0.6 is 11.3 Å². The minimum Gasteiger partial charge on any atom is -0.356 e. The first kappa shape index (κ1) is 17.7. The van der Waals surface area contributed by atoms with E-state index in [-0.39, 0.29) is 0 Å². The zero-order valence-corrected chi connectivity index (χ0v) is 15.8. The molecule has 2 aromatic rings. The highest BCUT2D eigenvalue weighted by molar-refractivity contribution is 7.07. The standard InChI is InChI=1S/C19H27N5S/c1-15(16-8-12-25-14-16)13-22-19(20-2)23-17-6-10-24(11-7-17)18-5-3-4-9-21-18/h3-5,8-9,12,14-15,17H,6-7,10-11,13H2,1-2H3,(H2,20,22,23). The molecule has 2 N–H and O–H groups in total. The van der Waals surface area contributed by atoms with Gasteiger partial charge in [-0.2, -0.15) is 11.3 Å². The Morgan fingerprint density at radius 1 is 1.36 bits per heavy atom. The van der Waals surface area contributed by atoms with Crippen molar-refractivity contribution in [2.75, 3.05) is 31.6 Å². The van der Waals surface area contributed by atoms with Crippen LogP contribution in [0.25, 0.3) is 0 Å². The summed E-state index contributed by atoms with van der Waals surface area (Å²) in [6, 6.07) is 8.75. The lowest BCUT2D eigenvalue weighted by molar-refractivity contribution is 0.459. The van der Waals surface area contributed by atoms with E-state index in [9.17, 15) is 0 Å². The number of rotatable bonds is 5. The predicted molar refractivity (Wildman–Crippen MR) is 107 cm³/mol. The molecule has 1 atom stereocenters. The predicted octanol–water partition coefficient (Wildman–Crippen LogP) is 3.08. The monoisotopic (exact) mass is 357 g/mol. The number of hydrogen-bond acceptors (Lipinski definition) is 4. The van der Waals surface area contributed by atoms with E-state index in [4.69, 9.17) is 0 Å². The van der Waals surface area contributed by atoms with E-state index in [2.05, 4.69) is 55.3 Å². The molecule has 0 aromatic carbocycles. The maximum Gasteiger partial charge on any atom is 0.191 e. The van der Waals surface area contributed by atoms with Gasteiger partial charge in [0, 0.05) is 38.9 Å². The van der Waals surface area contributed by atoms with Crippen LogP contribution in [0.1, 0.15) is 31.2 Å². The molecule has 0 amide bonds. The van der Waals surface area contributed by atoms with Gasteiger partial charge in [0.1, 0.15) is 5.82 Å². The molecular formula is C19H27N5S. The van der Waals surface area contributed by atoms with Gasteiger partial charge in [0.25, 0.3) is 0 Å². The van der Waals surface area contributed by atoms with Crippen LogP contribution in [-0.2, 0) is 0 Å². The topological polar surface area (TPSA) is 52.6 Å². The highest BCUT2D eigenvalue weighted by Crippen LogP contribution is 2.18. The first-order chi connectivity index (χ1) is 12.3. The Balaban J connectivity index is 1.44. The van der Waals surface area contributed by atoms with E-state index in [1.165, 1.54) is 5.56 Å². The lowest BCUT2D eigenvalue weighted by Gasteiger charge is -2.33. The fourth-order valence-corrected chi connectivity index (χ4v) is 3.89. The van der Waals surface area contributed by atoms with Gasteiger partial charge in [-0.3, -0.25) is 4.99 Å². The average molecular weight is 358 g/mol. The van der Waals surface area contributed by atoms with Crippen LogP contribution in [0.15, 0.2) is 46.2 Å². The molecule has 1 unspecified atom stereocenters. The molecule has 0 bridgehead atoms. The van der Waals surface area contributed by atoms with E-state index in [0.717, 1.165) is 44.3 Å². The Kier molecular flexibility index (Phi) is 6.28. The molecule has 2 aromatic heterocycles. The van der Waals surface area contributed by atoms with Crippen LogP contribution < -0.4 is 15.5 Å². The number of thiophene rings is 1. The molecule has 1 aliphatic rings. The Morgan fingerprint density at radius 2 is 2.20 bits per heavy atom. The number of nitrogens with one attached hydrogen (secondary N) is 2. The van der Waals surface area contributed by atoms with Gasteiger partial charge in [-0.05, 0) is 53.3 Å². The summed E-state index contributed by atoms with van der Waals surface area (Å²) in [4.78, 5) is 11.2. The Hall–Kier alpha value is -2.08. The van der Waals surface area contributed by atoms with Crippen LogP contribution in [0.4, 0.5) is 5.82 Å². The van der Waals surface area contributed by atoms with Crippen molar-refractivity contribution in [3.8, 4) is 0 Å². The smallest absolute Gasteiger partial charge is 0.191 e. The summed E-state index contributed by atoms with van der Waals surface area (Å²) in [7, 11) is 1.84. The Bertz CT molecular complexity index is 648. The molecule has 25 heavy (non-hydrogen) atoms. The summed E-state index contributed by atoms with van der Waals surface area (Å²) in [5.41, 5.74) is 1.39. The summed E-state index contributed by atoms with van der Waals surface area (Å²) in [6.07, 6.45) is 4.05. The third-order valence-electron chi connectivity index (χ3n) is 4.72. The first-order valence-corrected chi connectivity index (χ1v) is 9.86.